The average molecular weight is 480 g/mol. The molecule has 3 rings (SSSR count). The highest BCUT2D eigenvalue weighted by Crippen LogP contribution is 2.26. The van der Waals surface area contributed by atoms with Gasteiger partial charge in [0.15, 0.2) is 5.69 Å². The second-order valence-corrected chi connectivity index (χ2v) is 8.37. The first-order valence-corrected chi connectivity index (χ1v) is 10.3. The van der Waals surface area contributed by atoms with Gasteiger partial charge in [-0.15, -0.1) is 5.10 Å². The predicted octanol–water partition coefficient (Wildman–Crippen LogP) is 3.44. The number of carbonyl (C=O) groups is 1. The molecule has 0 unspecified atom stereocenters. The first-order valence-electron chi connectivity index (χ1n) is 8.07. The van der Waals surface area contributed by atoms with Crippen molar-refractivity contribution in [1.29, 1.82) is 0 Å². The van der Waals surface area contributed by atoms with E-state index in [-0.39, 0.29) is 15.1 Å². The lowest BCUT2D eigenvalue weighted by atomic mass is 10.2. The van der Waals surface area contributed by atoms with Gasteiger partial charge in [-0.1, -0.05) is 23.3 Å². The molecule has 0 atom stereocenters. The van der Waals surface area contributed by atoms with Crippen molar-refractivity contribution in [3.63, 3.8) is 0 Å². The largest absolute Gasteiger partial charge is 0.358 e. The quantitative estimate of drug-likeness (QED) is 0.364. The summed E-state index contributed by atoms with van der Waals surface area (Å²) in [6, 6.07) is 12.4. The second kappa shape index (κ2) is 8.01. The number of nitrogens with one attached hydrogen (secondary N) is 3. The summed E-state index contributed by atoms with van der Waals surface area (Å²) in [6.45, 7) is 1.79. The number of amides is 1. The predicted molar refractivity (Wildman–Crippen MR) is 109 cm³/mol. The Bertz CT molecular complexity index is 1190. The lowest BCUT2D eigenvalue weighted by molar-refractivity contribution is -0.390. The lowest BCUT2D eigenvalue weighted by Gasteiger charge is -2.11. The highest BCUT2D eigenvalue weighted by molar-refractivity contribution is 9.10. The van der Waals surface area contributed by atoms with Crippen LogP contribution >= 0.6 is 15.9 Å². The second-order valence-electron chi connectivity index (χ2n) is 5.89. The number of aryl methyl sites for hydroxylation is 1. The molecule has 0 saturated carbocycles. The maximum absolute atomic E-state index is 12.5. The van der Waals surface area contributed by atoms with Crippen LogP contribution in [0.4, 0.5) is 17.2 Å². The van der Waals surface area contributed by atoms with Crippen LogP contribution in [0.25, 0.3) is 0 Å². The van der Waals surface area contributed by atoms with Crippen molar-refractivity contribution < 1.29 is 18.1 Å². The highest BCUT2D eigenvalue weighted by Gasteiger charge is 2.25. The van der Waals surface area contributed by atoms with Gasteiger partial charge in [0.05, 0.1) is 10.6 Å². The molecular weight excluding hydrogens is 466 g/mol. The zero-order chi connectivity index (χ0) is 21.2. The first-order chi connectivity index (χ1) is 13.7. The first kappa shape index (κ1) is 20.5. The summed E-state index contributed by atoms with van der Waals surface area (Å²) in [4.78, 5) is 22.4. The average Bonchev–Trinajstić information content (AvgIpc) is 3.06. The number of hydrogen-bond acceptors (Lipinski definition) is 6. The Hall–Kier alpha value is -3.25. The molecule has 10 nitrogen and oxygen atoms in total. The summed E-state index contributed by atoms with van der Waals surface area (Å²) in [7, 11) is -3.81. The topological polar surface area (TPSA) is 147 Å². The van der Waals surface area contributed by atoms with Gasteiger partial charge in [-0.25, -0.2) is 8.42 Å². The van der Waals surface area contributed by atoms with E-state index in [9.17, 15) is 23.3 Å². The van der Waals surface area contributed by atoms with Crippen LogP contribution in [-0.2, 0) is 10.0 Å². The fourth-order valence-electron chi connectivity index (χ4n) is 2.39. The number of halogens is 1. The van der Waals surface area contributed by atoms with Gasteiger partial charge >= 0.3 is 5.82 Å². The molecule has 0 aliphatic carbocycles. The number of anilines is 2. The molecule has 0 bridgehead atoms. The number of rotatable bonds is 6. The Morgan fingerprint density at radius 3 is 2.41 bits per heavy atom. The van der Waals surface area contributed by atoms with E-state index >= 15 is 0 Å². The molecule has 0 radical (unpaired) electrons. The third-order valence-corrected chi connectivity index (χ3v) is 6.03. The Kier molecular flexibility index (Phi) is 5.66. The molecule has 12 heteroatoms. The number of aromatic amines is 1. The maximum Gasteiger partial charge on any atom is 0.357 e. The number of aromatic nitrogens is 2. The Labute approximate surface area is 173 Å². The van der Waals surface area contributed by atoms with Gasteiger partial charge in [-0.2, -0.15) is 0 Å². The van der Waals surface area contributed by atoms with Crippen LogP contribution in [0.3, 0.4) is 0 Å². The molecule has 0 aliphatic heterocycles. The summed E-state index contributed by atoms with van der Waals surface area (Å²) in [5.74, 6) is -1.14. The third kappa shape index (κ3) is 4.43. The minimum atomic E-state index is -3.81. The van der Waals surface area contributed by atoms with Crippen molar-refractivity contribution in [2.24, 2.45) is 0 Å². The third-order valence-electron chi connectivity index (χ3n) is 3.90. The van der Waals surface area contributed by atoms with E-state index in [0.717, 1.165) is 5.56 Å². The Morgan fingerprint density at radius 2 is 1.83 bits per heavy atom. The molecule has 1 amide bonds. The molecular formula is C17H14BrN5O5S. The van der Waals surface area contributed by atoms with E-state index in [4.69, 9.17) is 0 Å². The van der Waals surface area contributed by atoms with Crippen LogP contribution in [0.15, 0.2) is 57.9 Å². The number of para-hydroxylation sites is 1. The molecule has 0 saturated heterocycles. The van der Waals surface area contributed by atoms with Crippen molar-refractivity contribution in [3.05, 3.63) is 74.4 Å². The van der Waals surface area contributed by atoms with Crippen LogP contribution < -0.4 is 10.0 Å². The van der Waals surface area contributed by atoms with Gasteiger partial charge in [-0.3, -0.25) is 9.52 Å². The number of H-pyrrole nitrogens is 1. The zero-order valence-electron chi connectivity index (χ0n) is 14.8. The number of nitrogens with zero attached hydrogens (tertiary/aromatic N) is 2. The van der Waals surface area contributed by atoms with E-state index in [1.807, 2.05) is 0 Å². The van der Waals surface area contributed by atoms with Crippen molar-refractivity contribution >= 4 is 49.1 Å². The lowest BCUT2D eigenvalue weighted by Crippen LogP contribution is -2.15. The van der Waals surface area contributed by atoms with Crippen LogP contribution in [0.5, 0.6) is 0 Å². The number of benzene rings is 2. The molecule has 3 N–H and O–H groups in total. The van der Waals surface area contributed by atoms with Gasteiger partial charge in [-0.05, 0) is 63.7 Å². The zero-order valence-corrected chi connectivity index (χ0v) is 17.2. The van der Waals surface area contributed by atoms with Crippen LogP contribution in [0.2, 0.25) is 0 Å². The molecule has 1 heterocycles. The maximum atomic E-state index is 12.5. The minimum Gasteiger partial charge on any atom is -0.358 e. The number of carbonyl (C=O) groups excluding carboxylic acids is 1. The van der Waals surface area contributed by atoms with Crippen molar-refractivity contribution in [2.75, 3.05) is 10.0 Å². The van der Waals surface area contributed by atoms with Crippen LogP contribution in [-0.4, -0.2) is 29.4 Å². The number of sulfonamides is 1. The van der Waals surface area contributed by atoms with Crippen molar-refractivity contribution in [3.8, 4) is 0 Å². The van der Waals surface area contributed by atoms with Gasteiger partial charge in [0.25, 0.3) is 15.9 Å². The van der Waals surface area contributed by atoms with Gasteiger partial charge in [0.1, 0.15) is 4.47 Å². The number of hydrogen-bond donors (Lipinski definition) is 3. The smallest absolute Gasteiger partial charge is 0.357 e. The van der Waals surface area contributed by atoms with E-state index in [1.54, 1.807) is 31.2 Å². The Morgan fingerprint density at radius 1 is 1.17 bits per heavy atom. The summed E-state index contributed by atoms with van der Waals surface area (Å²) in [5, 5.41) is 19.1. The highest BCUT2D eigenvalue weighted by atomic mass is 79.9. The van der Waals surface area contributed by atoms with E-state index < -0.39 is 26.7 Å². The fraction of sp³-hybridized carbons (Fsp3) is 0.0588. The Balaban J connectivity index is 1.75. The summed E-state index contributed by atoms with van der Waals surface area (Å²) in [6.07, 6.45) is 0. The summed E-state index contributed by atoms with van der Waals surface area (Å²) in [5.41, 5.74) is 1.34. The standard InChI is InChI=1S/C17H14BrN5O5S/c1-10-4-2-3-5-13(10)22-29(27,28)12-8-6-11(7-9-12)19-17(24)15-14(18)16(21-20-15)23(25)26/h2-9,22H,1H3,(H,19,24)(H,20,21). The van der Waals surface area contributed by atoms with Gasteiger partial charge in [0.2, 0.25) is 0 Å². The van der Waals surface area contributed by atoms with Crippen LogP contribution in [0.1, 0.15) is 16.1 Å². The van der Waals surface area contributed by atoms with Crippen LogP contribution in [0, 0.1) is 17.0 Å². The minimum absolute atomic E-state index is 0.00957. The van der Waals surface area contributed by atoms with Crippen molar-refractivity contribution in [1.82, 2.24) is 10.2 Å². The SMILES string of the molecule is Cc1ccccc1NS(=O)(=O)c1ccc(NC(=O)c2n[nH]c([N+](=O)[O-])c2Br)cc1. The molecule has 0 spiro atoms. The molecule has 3 aromatic rings. The van der Waals surface area contributed by atoms with Gasteiger partial charge in [0, 0.05) is 5.69 Å². The fourth-order valence-corrected chi connectivity index (χ4v) is 4.02. The molecule has 29 heavy (non-hydrogen) atoms. The monoisotopic (exact) mass is 479 g/mol. The normalized spacial score (nSPS) is 11.1. The van der Waals surface area contributed by atoms with E-state index in [0.29, 0.717) is 11.4 Å². The number of nitro groups is 1. The molecule has 0 fully saturated rings. The van der Waals surface area contributed by atoms with Crippen molar-refractivity contribution in [2.45, 2.75) is 11.8 Å². The molecule has 150 valence electrons. The molecule has 0 aliphatic rings. The summed E-state index contributed by atoms with van der Waals surface area (Å²) < 4.78 is 27.5. The summed E-state index contributed by atoms with van der Waals surface area (Å²) >= 11 is 2.96. The van der Waals surface area contributed by atoms with E-state index in [1.165, 1.54) is 24.3 Å². The molecule has 2 aromatic carbocycles. The van der Waals surface area contributed by atoms with Gasteiger partial charge < -0.3 is 15.4 Å². The van der Waals surface area contributed by atoms with E-state index in [2.05, 4.69) is 36.2 Å². The molecule has 1 aromatic heterocycles.